The van der Waals surface area contributed by atoms with Crippen LogP contribution >= 0.6 is 0 Å². The van der Waals surface area contributed by atoms with Crippen LogP contribution in [-0.4, -0.2) is 31.8 Å². The molecule has 150 valence electrons. The Labute approximate surface area is 173 Å². The molecule has 0 unspecified atom stereocenters. The van der Waals surface area contributed by atoms with Crippen LogP contribution in [0.1, 0.15) is 28.8 Å². The van der Waals surface area contributed by atoms with Gasteiger partial charge in [-0.15, -0.1) is 0 Å². The van der Waals surface area contributed by atoms with Gasteiger partial charge < -0.3 is 19.0 Å². The zero-order valence-electron chi connectivity index (χ0n) is 16.5. The van der Waals surface area contributed by atoms with Crippen LogP contribution in [0.3, 0.4) is 0 Å². The molecule has 2 aromatic carbocycles. The summed E-state index contributed by atoms with van der Waals surface area (Å²) >= 11 is 0. The molecule has 0 spiro atoms. The molecule has 4 aromatic rings. The lowest BCUT2D eigenvalue weighted by atomic mass is 10.1. The Balaban J connectivity index is 1.63. The van der Waals surface area contributed by atoms with Gasteiger partial charge in [0.2, 0.25) is 0 Å². The third-order valence-electron chi connectivity index (χ3n) is 6.16. The first kappa shape index (κ1) is 17.3. The lowest BCUT2D eigenvalue weighted by Crippen LogP contribution is -2.16. The summed E-state index contributed by atoms with van der Waals surface area (Å²) in [6, 6.07) is 11.8. The first-order valence-electron chi connectivity index (χ1n) is 10.3. The van der Waals surface area contributed by atoms with Gasteiger partial charge in [-0.25, -0.2) is 9.78 Å². The predicted molar refractivity (Wildman–Crippen MR) is 116 cm³/mol. The number of imidazole rings is 1. The van der Waals surface area contributed by atoms with Crippen molar-refractivity contribution in [1.29, 1.82) is 0 Å². The molecule has 0 amide bonds. The lowest BCUT2D eigenvalue weighted by molar-refractivity contribution is 0.0696. The van der Waals surface area contributed by atoms with E-state index >= 15 is 0 Å². The van der Waals surface area contributed by atoms with E-state index in [0.29, 0.717) is 30.3 Å². The van der Waals surface area contributed by atoms with Gasteiger partial charge in [0, 0.05) is 17.4 Å². The van der Waals surface area contributed by atoms with Crippen LogP contribution in [0.5, 0.6) is 5.75 Å². The van der Waals surface area contributed by atoms with Gasteiger partial charge in [0.1, 0.15) is 17.9 Å². The van der Waals surface area contributed by atoms with E-state index in [9.17, 15) is 9.90 Å². The quantitative estimate of drug-likeness (QED) is 0.523. The van der Waals surface area contributed by atoms with Crippen LogP contribution in [0.2, 0.25) is 0 Å². The van der Waals surface area contributed by atoms with E-state index < -0.39 is 5.97 Å². The van der Waals surface area contributed by atoms with Crippen molar-refractivity contribution >= 4 is 34.0 Å². The molecule has 6 heteroatoms. The normalized spacial score (nSPS) is 15.5. The average molecular weight is 399 g/mol. The van der Waals surface area contributed by atoms with Gasteiger partial charge in [-0.2, -0.15) is 0 Å². The summed E-state index contributed by atoms with van der Waals surface area (Å²) in [4.78, 5) is 16.5. The van der Waals surface area contributed by atoms with Crippen LogP contribution in [0.4, 0.5) is 0 Å². The Bertz CT molecular complexity index is 1360. The number of carboxylic acid groups (broad SMARTS) is 1. The molecule has 30 heavy (non-hydrogen) atoms. The number of rotatable bonds is 5. The monoisotopic (exact) mass is 399 g/mol. The molecule has 6 rings (SSSR count). The highest BCUT2D eigenvalue weighted by molar-refractivity contribution is 5.97. The molecular weight excluding hydrogens is 378 g/mol. The fourth-order valence-corrected chi connectivity index (χ4v) is 4.46. The Hall–Kier alpha value is -3.54. The number of aromatic carboxylic acids is 1. The van der Waals surface area contributed by atoms with Gasteiger partial charge in [-0.3, -0.25) is 0 Å². The third-order valence-corrected chi connectivity index (χ3v) is 6.16. The maximum absolute atomic E-state index is 11.6. The van der Waals surface area contributed by atoms with Gasteiger partial charge in [0.05, 0.1) is 23.3 Å². The van der Waals surface area contributed by atoms with Crippen LogP contribution in [0.15, 0.2) is 43.0 Å². The minimum absolute atomic E-state index is 0.199. The van der Waals surface area contributed by atoms with Crippen LogP contribution in [0, 0.1) is 5.92 Å². The number of aromatic nitrogens is 3. The number of fused-ring (bicyclic) bond motifs is 1. The molecule has 1 fully saturated rings. The molecule has 0 atom stereocenters. The number of hydrogen-bond acceptors (Lipinski definition) is 3. The summed E-state index contributed by atoms with van der Waals surface area (Å²) in [7, 11) is 0. The molecular formula is C24H21N3O3. The SMILES string of the molecule is C=Cc1ccc2cc(-c3nc4cc(C(=O)O)cc5c4n3CCO5)n(CC3CC3)c2c1. The Morgan fingerprint density at radius 3 is 2.90 bits per heavy atom. The standard InChI is InChI=1S/C24H21N3O3/c1-2-14-5-6-16-11-20(27(19(16)9-14)13-15-3-4-15)23-25-18-10-17(24(28)29)12-21-22(18)26(23)7-8-30-21/h2,5-6,9-12,15H,1,3-4,7-8,13H2,(H,28,29). The molecule has 1 saturated carbocycles. The van der Waals surface area contributed by atoms with Crippen LogP contribution in [0.25, 0.3) is 39.5 Å². The van der Waals surface area contributed by atoms with E-state index in [-0.39, 0.29) is 5.56 Å². The van der Waals surface area contributed by atoms with E-state index in [1.807, 2.05) is 6.08 Å². The number of carboxylic acids is 1. The van der Waals surface area contributed by atoms with Gasteiger partial charge in [-0.05, 0) is 48.6 Å². The lowest BCUT2D eigenvalue weighted by Gasteiger charge is -2.19. The summed E-state index contributed by atoms with van der Waals surface area (Å²) in [5.41, 5.74) is 5.09. The molecule has 0 saturated heterocycles. The molecule has 2 aliphatic rings. The van der Waals surface area contributed by atoms with Crippen molar-refractivity contribution in [3.05, 3.63) is 54.1 Å². The van der Waals surface area contributed by atoms with Crippen molar-refractivity contribution in [3.63, 3.8) is 0 Å². The van der Waals surface area contributed by atoms with Crippen molar-refractivity contribution in [3.8, 4) is 17.3 Å². The minimum atomic E-state index is -0.974. The smallest absolute Gasteiger partial charge is 0.335 e. The van der Waals surface area contributed by atoms with Crippen LogP contribution in [-0.2, 0) is 13.1 Å². The number of hydrogen-bond donors (Lipinski definition) is 1. The number of benzene rings is 2. The molecule has 6 nitrogen and oxygen atoms in total. The van der Waals surface area contributed by atoms with E-state index in [2.05, 4.69) is 40.0 Å². The Morgan fingerprint density at radius 2 is 2.13 bits per heavy atom. The van der Waals surface area contributed by atoms with Gasteiger partial charge >= 0.3 is 5.97 Å². The number of nitrogens with zero attached hydrogens (tertiary/aromatic N) is 3. The maximum Gasteiger partial charge on any atom is 0.335 e. The zero-order chi connectivity index (χ0) is 20.4. The van der Waals surface area contributed by atoms with E-state index in [0.717, 1.165) is 29.1 Å². The second kappa shape index (κ2) is 6.23. The summed E-state index contributed by atoms with van der Waals surface area (Å²) in [6.07, 6.45) is 4.39. The summed E-state index contributed by atoms with van der Waals surface area (Å²) < 4.78 is 10.3. The van der Waals surface area contributed by atoms with E-state index in [1.54, 1.807) is 12.1 Å². The van der Waals surface area contributed by atoms with Crippen LogP contribution < -0.4 is 4.74 Å². The second-order valence-electron chi connectivity index (χ2n) is 8.19. The topological polar surface area (TPSA) is 69.3 Å². The summed E-state index contributed by atoms with van der Waals surface area (Å²) in [6.45, 7) is 6.07. The van der Waals surface area contributed by atoms with Crippen molar-refractivity contribution in [2.45, 2.75) is 25.9 Å². The van der Waals surface area contributed by atoms with Gasteiger partial charge in [0.15, 0.2) is 5.82 Å². The number of ether oxygens (including phenoxy) is 1. The van der Waals surface area contributed by atoms with Gasteiger partial charge in [0.25, 0.3) is 0 Å². The first-order chi connectivity index (χ1) is 14.6. The summed E-state index contributed by atoms with van der Waals surface area (Å²) in [5, 5.41) is 10.6. The molecule has 1 aliphatic heterocycles. The third kappa shape index (κ3) is 2.56. The zero-order valence-corrected chi connectivity index (χ0v) is 16.5. The maximum atomic E-state index is 11.6. The second-order valence-corrected chi connectivity index (χ2v) is 8.19. The Morgan fingerprint density at radius 1 is 1.27 bits per heavy atom. The number of carbonyl (C=O) groups is 1. The average Bonchev–Trinajstić information content (AvgIpc) is 3.40. The van der Waals surface area contributed by atoms with E-state index in [1.165, 1.54) is 23.7 Å². The molecule has 0 bridgehead atoms. The minimum Gasteiger partial charge on any atom is -0.489 e. The highest BCUT2D eigenvalue weighted by Crippen LogP contribution is 2.39. The molecule has 1 N–H and O–H groups in total. The molecule has 3 heterocycles. The summed E-state index contributed by atoms with van der Waals surface area (Å²) in [5.74, 6) is 1.19. The molecule has 0 radical (unpaired) electrons. The fraction of sp³-hybridized carbons (Fsp3) is 0.250. The Kier molecular flexibility index (Phi) is 3.60. The van der Waals surface area contributed by atoms with Crippen molar-refractivity contribution in [2.75, 3.05) is 6.61 Å². The first-order valence-corrected chi connectivity index (χ1v) is 10.3. The van der Waals surface area contributed by atoms with E-state index in [4.69, 9.17) is 9.72 Å². The van der Waals surface area contributed by atoms with Crippen molar-refractivity contribution in [2.24, 2.45) is 5.92 Å². The highest BCUT2D eigenvalue weighted by Gasteiger charge is 2.28. The van der Waals surface area contributed by atoms with Crippen molar-refractivity contribution < 1.29 is 14.6 Å². The largest absolute Gasteiger partial charge is 0.489 e. The fourth-order valence-electron chi connectivity index (χ4n) is 4.46. The van der Waals surface area contributed by atoms with Crippen molar-refractivity contribution in [1.82, 2.24) is 14.1 Å². The molecule has 1 aliphatic carbocycles. The molecule has 2 aromatic heterocycles. The highest BCUT2D eigenvalue weighted by atomic mass is 16.5. The van der Waals surface area contributed by atoms with Gasteiger partial charge in [-0.1, -0.05) is 24.8 Å². The predicted octanol–water partition coefficient (Wildman–Crippen LogP) is 4.80.